The van der Waals surface area contributed by atoms with Gasteiger partial charge in [-0.2, -0.15) is 0 Å². The summed E-state index contributed by atoms with van der Waals surface area (Å²) in [5.74, 6) is 0.173. The predicted molar refractivity (Wildman–Crippen MR) is 68.1 cm³/mol. The van der Waals surface area contributed by atoms with E-state index in [0.717, 1.165) is 12.8 Å². The van der Waals surface area contributed by atoms with E-state index < -0.39 is 4.92 Å². The molecule has 1 aromatic carbocycles. The molecule has 0 aliphatic rings. The molecule has 98 valence electrons. The van der Waals surface area contributed by atoms with Gasteiger partial charge in [-0.25, -0.2) is 0 Å². The minimum atomic E-state index is -0.522. The van der Waals surface area contributed by atoms with Crippen molar-refractivity contribution >= 4 is 11.5 Å². The summed E-state index contributed by atoms with van der Waals surface area (Å²) in [7, 11) is 0. The number of hydrogen-bond donors (Lipinski definition) is 0. The molecule has 0 fully saturated rings. The first-order valence-electron chi connectivity index (χ1n) is 5.91. The summed E-state index contributed by atoms with van der Waals surface area (Å²) in [6.45, 7) is 5.33. The third-order valence-electron chi connectivity index (χ3n) is 2.58. The van der Waals surface area contributed by atoms with Crippen LogP contribution in [0, 0.1) is 10.1 Å². The average molecular weight is 251 g/mol. The molecule has 0 N–H and O–H groups in total. The first-order valence-corrected chi connectivity index (χ1v) is 5.91. The van der Waals surface area contributed by atoms with Crippen LogP contribution in [-0.2, 0) is 0 Å². The van der Waals surface area contributed by atoms with Crippen LogP contribution in [-0.4, -0.2) is 16.8 Å². The number of carbonyl (C=O) groups is 1. The molecule has 1 atom stereocenters. The zero-order valence-corrected chi connectivity index (χ0v) is 10.8. The Bertz CT molecular complexity index is 456. The van der Waals surface area contributed by atoms with Crippen molar-refractivity contribution in [2.75, 3.05) is 0 Å². The SMILES string of the molecule is CCCC(C)Oc1ccc([N+](=O)[O-])cc1C(C)=O. The van der Waals surface area contributed by atoms with Crippen molar-refractivity contribution in [3.05, 3.63) is 33.9 Å². The van der Waals surface area contributed by atoms with Crippen LogP contribution < -0.4 is 4.74 Å². The molecule has 0 saturated carbocycles. The van der Waals surface area contributed by atoms with Crippen LogP contribution in [0.2, 0.25) is 0 Å². The van der Waals surface area contributed by atoms with Gasteiger partial charge in [0.25, 0.3) is 5.69 Å². The Kier molecular flexibility index (Phi) is 4.83. The number of hydrogen-bond acceptors (Lipinski definition) is 4. The normalized spacial score (nSPS) is 11.9. The number of non-ortho nitro benzene ring substituents is 1. The zero-order valence-electron chi connectivity index (χ0n) is 10.8. The van der Waals surface area contributed by atoms with Gasteiger partial charge in [-0.3, -0.25) is 14.9 Å². The van der Waals surface area contributed by atoms with E-state index in [1.165, 1.54) is 25.1 Å². The van der Waals surface area contributed by atoms with Crippen LogP contribution in [0.25, 0.3) is 0 Å². The lowest BCUT2D eigenvalue weighted by molar-refractivity contribution is -0.384. The first kappa shape index (κ1) is 14.2. The number of nitro groups is 1. The van der Waals surface area contributed by atoms with Crippen molar-refractivity contribution in [1.82, 2.24) is 0 Å². The molecule has 18 heavy (non-hydrogen) atoms. The van der Waals surface area contributed by atoms with Gasteiger partial charge in [0.2, 0.25) is 0 Å². The number of nitro benzene ring substituents is 1. The Morgan fingerprint density at radius 2 is 2.17 bits per heavy atom. The van der Waals surface area contributed by atoms with E-state index >= 15 is 0 Å². The van der Waals surface area contributed by atoms with Gasteiger partial charge in [-0.05, 0) is 26.3 Å². The Hall–Kier alpha value is -1.91. The van der Waals surface area contributed by atoms with Crippen molar-refractivity contribution in [1.29, 1.82) is 0 Å². The third kappa shape index (κ3) is 3.55. The van der Waals surface area contributed by atoms with E-state index in [0.29, 0.717) is 5.75 Å². The molecule has 0 radical (unpaired) electrons. The van der Waals surface area contributed by atoms with Crippen LogP contribution in [0.1, 0.15) is 44.0 Å². The first-order chi connectivity index (χ1) is 8.45. The summed E-state index contributed by atoms with van der Waals surface area (Å²) in [5, 5.41) is 10.7. The maximum absolute atomic E-state index is 11.5. The van der Waals surface area contributed by atoms with Crippen LogP contribution in [0.4, 0.5) is 5.69 Å². The van der Waals surface area contributed by atoms with Gasteiger partial charge >= 0.3 is 0 Å². The largest absolute Gasteiger partial charge is 0.490 e. The molecule has 0 spiro atoms. The van der Waals surface area contributed by atoms with E-state index in [1.807, 2.05) is 13.8 Å². The second-order valence-electron chi connectivity index (χ2n) is 4.21. The smallest absolute Gasteiger partial charge is 0.270 e. The summed E-state index contributed by atoms with van der Waals surface area (Å²) in [4.78, 5) is 21.6. The Morgan fingerprint density at radius 1 is 1.50 bits per heavy atom. The van der Waals surface area contributed by atoms with Crippen molar-refractivity contribution in [2.24, 2.45) is 0 Å². The molecule has 0 amide bonds. The topological polar surface area (TPSA) is 69.4 Å². The maximum Gasteiger partial charge on any atom is 0.270 e. The third-order valence-corrected chi connectivity index (χ3v) is 2.58. The summed E-state index contributed by atoms with van der Waals surface area (Å²) < 4.78 is 5.64. The van der Waals surface area contributed by atoms with Gasteiger partial charge in [0.15, 0.2) is 5.78 Å². The molecule has 1 unspecified atom stereocenters. The highest BCUT2D eigenvalue weighted by Crippen LogP contribution is 2.26. The van der Waals surface area contributed by atoms with Crippen LogP contribution >= 0.6 is 0 Å². The van der Waals surface area contributed by atoms with Crippen molar-refractivity contribution in [2.45, 2.75) is 39.7 Å². The fraction of sp³-hybridized carbons (Fsp3) is 0.462. The lowest BCUT2D eigenvalue weighted by atomic mass is 10.1. The van der Waals surface area contributed by atoms with Gasteiger partial charge < -0.3 is 4.74 Å². The van der Waals surface area contributed by atoms with Gasteiger partial charge in [0.05, 0.1) is 16.6 Å². The summed E-state index contributed by atoms with van der Waals surface area (Å²) >= 11 is 0. The van der Waals surface area contributed by atoms with Gasteiger partial charge in [-0.1, -0.05) is 13.3 Å². The number of Topliss-reactive ketones (excluding diaryl/α,β-unsaturated/α-hetero) is 1. The number of carbonyl (C=O) groups excluding carboxylic acids is 1. The van der Waals surface area contributed by atoms with Crippen molar-refractivity contribution < 1.29 is 14.5 Å². The van der Waals surface area contributed by atoms with Gasteiger partial charge in [0, 0.05) is 12.1 Å². The second kappa shape index (κ2) is 6.14. The number of ether oxygens (including phenoxy) is 1. The number of ketones is 1. The lowest BCUT2D eigenvalue weighted by Crippen LogP contribution is -2.13. The molecular formula is C13H17NO4. The molecule has 1 aromatic rings. The Labute approximate surface area is 106 Å². The Morgan fingerprint density at radius 3 is 2.67 bits per heavy atom. The van der Waals surface area contributed by atoms with Crippen LogP contribution in [0.15, 0.2) is 18.2 Å². The lowest BCUT2D eigenvalue weighted by Gasteiger charge is -2.15. The minimum Gasteiger partial charge on any atom is -0.490 e. The number of benzene rings is 1. The second-order valence-corrected chi connectivity index (χ2v) is 4.21. The molecule has 0 aromatic heterocycles. The minimum absolute atomic E-state index is 0.0189. The van der Waals surface area contributed by atoms with E-state index in [2.05, 4.69) is 0 Å². The summed E-state index contributed by atoms with van der Waals surface area (Å²) in [6, 6.07) is 4.10. The maximum atomic E-state index is 11.5. The van der Waals surface area contributed by atoms with Crippen LogP contribution in [0.5, 0.6) is 5.75 Å². The molecule has 5 nitrogen and oxygen atoms in total. The quantitative estimate of drug-likeness (QED) is 0.441. The van der Waals surface area contributed by atoms with Crippen molar-refractivity contribution in [3.63, 3.8) is 0 Å². The highest BCUT2D eigenvalue weighted by Gasteiger charge is 2.16. The summed E-state index contributed by atoms with van der Waals surface area (Å²) in [6.07, 6.45) is 1.83. The molecule has 0 aliphatic heterocycles. The van der Waals surface area contributed by atoms with E-state index in [-0.39, 0.29) is 23.1 Å². The molecule has 5 heteroatoms. The number of nitrogens with zero attached hydrogens (tertiary/aromatic N) is 1. The van der Waals surface area contributed by atoms with Crippen LogP contribution in [0.3, 0.4) is 0 Å². The van der Waals surface area contributed by atoms with E-state index in [1.54, 1.807) is 0 Å². The van der Waals surface area contributed by atoms with E-state index in [9.17, 15) is 14.9 Å². The summed E-state index contributed by atoms with van der Waals surface area (Å²) in [5.41, 5.74) is 0.155. The van der Waals surface area contributed by atoms with Gasteiger partial charge in [0.1, 0.15) is 5.75 Å². The zero-order chi connectivity index (χ0) is 13.7. The molecular weight excluding hydrogens is 234 g/mol. The monoisotopic (exact) mass is 251 g/mol. The van der Waals surface area contributed by atoms with Crippen molar-refractivity contribution in [3.8, 4) is 5.75 Å². The average Bonchev–Trinajstić information content (AvgIpc) is 2.29. The fourth-order valence-corrected chi connectivity index (χ4v) is 1.69. The van der Waals surface area contributed by atoms with E-state index in [4.69, 9.17) is 4.74 Å². The fourth-order valence-electron chi connectivity index (χ4n) is 1.69. The predicted octanol–water partition coefficient (Wildman–Crippen LogP) is 3.36. The standard InChI is InChI=1S/C13H17NO4/c1-4-5-9(2)18-13-7-6-11(14(16)17)8-12(13)10(3)15/h6-9H,4-5H2,1-3H3. The number of rotatable bonds is 6. The van der Waals surface area contributed by atoms with Gasteiger partial charge in [-0.15, -0.1) is 0 Å². The molecule has 0 heterocycles. The molecule has 0 saturated heterocycles. The molecule has 0 aliphatic carbocycles. The highest BCUT2D eigenvalue weighted by molar-refractivity contribution is 5.97. The Balaban J connectivity index is 3.04. The highest BCUT2D eigenvalue weighted by atomic mass is 16.6. The molecule has 0 bridgehead atoms. The molecule has 1 rings (SSSR count).